The van der Waals surface area contributed by atoms with Crippen molar-refractivity contribution in [3.8, 4) is 0 Å². The number of hydrogen-bond donors (Lipinski definition) is 2. The first-order valence-electron chi connectivity index (χ1n) is 0.841. The van der Waals surface area contributed by atoms with Crippen molar-refractivity contribution in [2.75, 3.05) is 0 Å². The summed E-state index contributed by atoms with van der Waals surface area (Å²) < 4.78 is 3.74. The molecule has 0 atom stereocenters. The quantitative estimate of drug-likeness (QED) is 0.279. The minimum atomic E-state index is -1.30. The van der Waals surface area contributed by atoms with E-state index >= 15 is 0 Å². The predicted molar refractivity (Wildman–Crippen MR) is 16.0 cm³/mol. The molecule has 0 unspecified atom stereocenters. The Labute approximate surface area is 26.4 Å². The van der Waals surface area contributed by atoms with E-state index in [1.807, 2.05) is 0 Å². The highest BCUT2D eigenvalue weighted by Gasteiger charge is 1.57. The molecule has 0 radical (unpaired) electrons. The van der Waals surface area contributed by atoms with E-state index in [0.717, 1.165) is 0 Å². The Bertz CT molecular complexity index is 8.00. The maximum absolute atomic E-state index is 7.67. The monoisotopic (exact) mass is 79.0 g/mol. The van der Waals surface area contributed by atoms with Gasteiger partial charge < -0.3 is 9.32 Å². The van der Waals surface area contributed by atoms with Gasteiger partial charge in [0.15, 0.2) is 0 Å². The van der Waals surface area contributed by atoms with Crippen LogP contribution >= 0.6 is 0 Å². The molecule has 0 aliphatic heterocycles. The van der Waals surface area contributed by atoms with Crippen molar-refractivity contribution in [1.82, 2.24) is 0 Å². The van der Waals surface area contributed by atoms with Crippen LogP contribution in [0.5, 0.6) is 0 Å². The Morgan fingerprint density at radius 2 is 2.25 bits per heavy atom. The zero-order valence-electron chi connectivity index (χ0n) is 2.14. The molecule has 0 fully saturated rings. The molecular weight excluding hydrogens is 74.1 g/mol. The van der Waals surface area contributed by atoms with Crippen LogP contribution in [0.2, 0.25) is 0 Å². The van der Waals surface area contributed by atoms with E-state index in [1.165, 1.54) is 0 Å². The highest BCUT2D eigenvalue weighted by Crippen LogP contribution is 1.31. The first-order chi connectivity index (χ1) is 1.91. The molecule has 0 spiro atoms. The van der Waals surface area contributed by atoms with E-state index < -0.39 is 10.0 Å². The number of nitrogens with two attached hydrogens (primary N) is 1. The Morgan fingerprint density at radius 3 is 2.25 bits per heavy atom. The van der Waals surface area contributed by atoms with Crippen molar-refractivity contribution >= 4 is 10.0 Å². The molecule has 3 nitrogen and oxygen atoms in total. The van der Waals surface area contributed by atoms with E-state index in [4.69, 9.17) is 4.80 Å². The van der Waals surface area contributed by atoms with Gasteiger partial charge in [-0.05, 0) is 0 Å². The SMILES string of the molecule is NO[SiH2]O. The van der Waals surface area contributed by atoms with Gasteiger partial charge in [-0.15, -0.1) is 0 Å². The van der Waals surface area contributed by atoms with E-state index in [2.05, 4.69) is 10.4 Å². The Kier molecular flexibility index (Phi) is 3.17. The van der Waals surface area contributed by atoms with Gasteiger partial charge in [0.05, 0.1) is 0 Å². The molecule has 0 aliphatic carbocycles. The van der Waals surface area contributed by atoms with Crippen LogP contribution in [0.1, 0.15) is 0 Å². The summed E-state index contributed by atoms with van der Waals surface area (Å²) in [5, 5.41) is 0. The van der Waals surface area contributed by atoms with Crippen molar-refractivity contribution in [1.29, 1.82) is 0 Å². The van der Waals surface area contributed by atoms with E-state index in [1.54, 1.807) is 0 Å². The van der Waals surface area contributed by atoms with Gasteiger partial charge in [0.2, 0.25) is 0 Å². The lowest BCUT2D eigenvalue weighted by molar-refractivity contribution is 0.296. The van der Waals surface area contributed by atoms with Crippen LogP contribution in [-0.2, 0) is 4.53 Å². The minimum absolute atomic E-state index is 1.30. The highest BCUT2D eigenvalue weighted by atomic mass is 28.2. The fraction of sp³-hybridized carbons (Fsp3) is 0. The van der Waals surface area contributed by atoms with Crippen LogP contribution in [0.3, 0.4) is 0 Å². The van der Waals surface area contributed by atoms with Crippen molar-refractivity contribution in [2.45, 2.75) is 0 Å². The smallest absolute Gasteiger partial charge is 0.323 e. The second kappa shape index (κ2) is 3.10. The van der Waals surface area contributed by atoms with Gasteiger partial charge in [-0.3, -0.25) is 0 Å². The summed E-state index contributed by atoms with van der Waals surface area (Å²) in [5.74, 6) is 4.34. The molecule has 0 aliphatic rings. The number of rotatable bonds is 1. The molecule has 0 heterocycles. The lowest BCUT2D eigenvalue weighted by Gasteiger charge is -1.74. The molecule has 0 bridgehead atoms. The van der Waals surface area contributed by atoms with Crippen molar-refractivity contribution in [3.63, 3.8) is 0 Å². The summed E-state index contributed by atoms with van der Waals surface area (Å²) in [5.41, 5.74) is 0. The van der Waals surface area contributed by atoms with Crippen LogP contribution in [0.4, 0.5) is 0 Å². The standard InChI is InChI=1S/H5NO2Si/c1-3-4-2/h2H,1,4H2. The zero-order chi connectivity index (χ0) is 3.41. The van der Waals surface area contributed by atoms with Gasteiger partial charge in [-0.2, -0.15) is 0 Å². The van der Waals surface area contributed by atoms with Crippen molar-refractivity contribution in [3.05, 3.63) is 0 Å². The molecule has 0 saturated heterocycles. The molecule has 0 aromatic heterocycles. The molecule has 26 valence electrons. The topological polar surface area (TPSA) is 55.5 Å². The molecular formula is H5NO2Si. The molecule has 0 rings (SSSR count). The fourth-order valence-electron chi connectivity index (χ4n) is 0. The molecule has 0 aromatic carbocycles. The van der Waals surface area contributed by atoms with Gasteiger partial charge in [0, 0.05) is 0 Å². The van der Waals surface area contributed by atoms with Gasteiger partial charge in [-0.25, -0.2) is 5.90 Å². The molecule has 4 heavy (non-hydrogen) atoms. The van der Waals surface area contributed by atoms with Gasteiger partial charge in [0.1, 0.15) is 0 Å². The third-order valence-electron chi connectivity index (χ3n) is 0.0745. The maximum Gasteiger partial charge on any atom is 0.323 e. The molecule has 0 amide bonds. The largest absolute Gasteiger partial charge is 0.414 e. The minimum Gasteiger partial charge on any atom is -0.414 e. The molecule has 4 heteroatoms. The normalized spacial score (nSPS) is 10.5. The third-order valence-corrected chi connectivity index (χ3v) is 0.224. The lowest BCUT2D eigenvalue weighted by Crippen LogP contribution is -2.02. The van der Waals surface area contributed by atoms with Crippen LogP contribution in [0.25, 0.3) is 0 Å². The lowest BCUT2D eigenvalue weighted by atomic mass is 13.6. The molecule has 3 N–H and O–H groups in total. The fourth-order valence-corrected chi connectivity index (χ4v) is 0. The molecule has 0 aromatic rings. The summed E-state index contributed by atoms with van der Waals surface area (Å²) >= 11 is 0. The van der Waals surface area contributed by atoms with E-state index in [9.17, 15) is 0 Å². The Hall–Kier alpha value is 0.0969. The first-order valence-corrected chi connectivity index (χ1v) is 2.05. The van der Waals surface area contributed by atoms with Crippen molar-refractivity contribution in [2.24, 2.45) is 5.90 Å². The number of hydrogen-bond acceptors (Lipinski definition) is 3. The van der Waals surface area contributed by atoms with Gasteiger partial charge >= 0.3 is 10.0 Å². The second-order valence-corrected chi connectivity index (χ2v) is 0.887. The second-order valence-electron chi connectivity index (χ2n) is 0.296. The maximum atomic E-state index is 7.67. The summed E-state index contributed by atoms with van der Waals surface area (Å²) in [7, 11) is -1.30. The van der Waals surface area contributed by atoms with E-state index in [-0.39, 0.29) is 0 Å². The highest BCUT2D eigenvalue weighted by molar-refractivity contribution is 6.15. The first kappa shape index (κ1) is 4.10. The van der Waals surface area contributed by atoms with Gasteiger partial charge in [-0.1, -0.05) is 0 Å². The molecule has 0 saturated carbocycles. The van der Waals surface area contributed by atoms with Crippen LogP contribution in [-0.4, -0.2) is 14.8 Å². The van der Waals surface area contributed by atoms with Crippen molar-refractivity contribution < 1.29 is 9.32 Å². The van der Waals surface area contributed by atoms with Crippen LogP contribution in [0, 0.1) is 0 Å². The Balaban J connectivity index is 1.97. The summed E-state index contributed by atoms with van der Waals surface area (Å²) in [6.45, 7) is 0. The average molecular weight is 79.1 g/mol. The summed E-state index contributed by atoms with van der Waals surface area (Å²) in [6, 6.07) is 0. The van der Waals surface area contributed by atoms with E-state index in [0.29, 0.717) is 0 Å². The van der Waals surface area contributed by atoms with Crippen LogP contribution in [0.15, 0.2) is 0 Å². The summed E-state index contributed by atoms with van der Waals surface area (Å²) in [6.07, 6.45) is 0. The third kappa shape index (κ3) is 2.10. The van der Waals surface area contributed by atoms with Crippen LogP contribution < -0.4 is 5.90 Å². The predicted octanol–water partition coefficient (Wildman–Crippen LogP) is -2.13. The summed E-state index contributed by atoms with van der Waals surface area (Å²) in [4.78, 5) is 7.67. The average Bonchev–Trinajstić information content (AvgIpc) is 1.37. The Morgan fingerprint density at radius 1 is 2.00 bits per heavy atom. The zero-order valence-corrected chi connectivity index (χ0v) is 3.55. The van der Waals surface area contributed by atoms with Gasteiger partial charge in [0.25, 0.3) is 0 Å².